The Labute approximate surface area is 147 Å². The quantitative estimate of drug-likeness (QED) is 0.705. The minimum absolute atomic E-state index is 0.636. The van der Waals surface area contributed by atoms with E-state index in [2.05, 4.69) is 15.6 Å². The third-order valence-corrected chi connectivity index (χ3v) is 4.83. The number of rotatable bonds is 2. The van der Waals surface area contributed by atoms with E-state index in [-0.39, 0.29) is 0 Å². The highest BCUT2D eigenvalue weighted by atomic mass is 35.5. The SMILES string of the molecule is Clc1ccc(C2=CSc3nnc(-c4ccccc4Cl)n3N2)cc1. The second kappa shape index (κ2) is 5.92. The van der Waals surface area contributed by atoms with Gasteiger partial charge in [0.1, 0.15) is 0 Å². The van der Waals surface area contributed by atoms with E-state index in [4.69, 9.17) is 23.2 Å². The van der Waals surface area contributed by atoms with Crippen molar-refractivity contribution in [2.45, 2.75) is 5.16 Å². The number of benzene rings is 2. The second-order valence-corrected chi connectivity index (χ2v) is 6.57. The van der Waals surface area contributed by atoms with E-state index in [0.717, 1.165) is 22.0 Å². The molecule has 7 heteroatoms. The summed E-state index contributed by atoms with van der Waals surface area (Å²) in [7, 11) is 0. The van der Waals surface area contributed by atoms with Gasteiger partial charge in [-0.05, 0) is 24.3 Å². The second-order valence-electron chi connectivity index (χ2n) is 4.89. The van der Waals surface area contributed by atoms with E-state index in [1.807, 2.05) is 58.6 Å². The van der Waals surface area contributed by atoms with Crippen molar-refractivity contribution in [3.05, 3.63) is 69.5 Å². The minimum atomic E-state index is 0.636. The average molecular weight is 361 g/mol. The van der Waals surface area contributed by atoms with Crippen LogP contribution in [-0.2, 0) is 0 Å². The number of aromatic nitrogens is 3. The molecule has 4 rings (SSSR count). The predicted molar refractivity (Wildman–Crippen MR) is 95.1 cm³/mol. The Morgan fingerprint density at radius 2 is 1.74 bits per heavy atom. The molecule has 0 bridgehead atoms. The maximum absolute atomic E-state index is 6.28. The van der Waals surface area contributed by atoms with Crippen LogP contribution in [0.4, 0.5) is 0 Å². The zero-order chi connectivity index (χ0) is 15.8. The molecule has 2 aromatic carbocycles. The van der Waals surface area contributed by atoms with Gasteiger partial charge in [0.05, 0.1) is 10.7 Å². The van der Waals surface area contributed by atoms with Crippen molar-refractivity contribution in [3.63, 3.8) is 0 Å². The van der Waals surface area contributed by atoms with Crippen molar-refractivity contribution in [2.75, 3.05) is 5.43 Å². The fourth-order valence-corrected chi connectivity index (χ4v) is 3.37. The van der Waals surface area contributed by atoms with Crippen molar-refractivity contribution < 1.29 is 0 Å². The van der Waals surface area contributed by atoms with E-state index in [0.29, 0.717) is 15.9 Å². The van der Waals surface area contributed by atoms with Gasteiger partial charge < -0.3 is 0 Å². The molecule has 0 aliphatic carbocycles. The Balaban J connectivity index is 1.73. The number of nitrogens with zero attached hydrogens (tertiary/aromatic N) is 3. The molecule has 3 aromatic rings. The number of hydrogen-bond acceptors (Lipinski definition) is 4. The molecule has 23 heavy (non-hydrogen) atoms. The van der Waals surface area contributed by atoms with Gasteiger partial charge in [0.15, 0.2) is 5.82 Å². The van der Waals surface area contributed by atoms with E-state index >= 15 is 0 Å². The van der Waals surface area contributed by atoms with Crippen LogP contribution < -0.4 is 5.43 Å². The summed E-state index contributed by atoms with van der Waals surface area (Å²) in [4.78, 5) is 0. The smallest absolute Gasteiger partial charge is 0.214 e. The highest BCUT2D eigenvalue weighted by molar-refractivity contribution is 8.02. The van der Waals surface area contributed by atoms with E-state index in [1.165, 1.54) is 11.8 Å². The number of fused-ring (bicyclic) bond motifs is 1. The first-order chi connectivity index (χ1) is 11.2. The van der Waals surface area contributed by atoms with Crippen molar-refractivity contribution in [2.24, 2.45) is 0 Å². The zero-order valence-electron chi connectivity index (χ0n) is 11.7. The molecule has 1 aliphatic rings. The molecule has 0 unspecified atom stereocenters. The summed E-state index contributed by atoms with van der Waals surface area (Å²) in [5, 5.41) is 12.6. The van der Waals surface area contributed by atoms with Crippen molar-refractivity contribution in [1.82, 2.24) is 14.9 Å². The van der Waals surface area contributed by atoms with Crippen molar-refractivity contribution in [1.29, 1.82) is 0 Å². The average Bonchev–Trinajstić information content (AvgIpc) is 2.99. The highest BCUT2D eigenvalue weighted by Crippen LogP contribution is 2.33. The molecule has 114 valence electrons. The summed E-state index contributed by atoms with van der Waals surface area (Å²) in [6.45, 7) is 0. The van der Waals surface area contributed by atoms with Crippen LogP contribution in [0.1, 0.15) is 5.56 Å². The molecule has 0 amide bonds. The Kier molecular flexibility index (Phi) is 3.77. The predicted octanol–water partition coefficient (Wildman–Crippen LogP) is 4.90. The lowest BCUT2D eigenvalue weighted by atomic mass is 10.2. The van der Waals surface area contributed by atoms with Crippen LogP contribution in [0.5, 0.6) is 0 Å². The number of halogens is 2. The maximum Gasteiger partial charge on any atom is 0.214 e. The summed E-state index contributed by atoms with van der Waals surface area (Å²) in [6, 6.07) is 15.2. The van der Waals surface area contributed by atoms with Crippen LogP contribution in [0.15, 0.2) is 59.1 Å². The van der Waals surface area contributed by atoms with Gasteiger partial charge in [-0.25, -0.2) is 4.68 Å². The molecular formula is C16H10Cl2N4S. The minimum Gasteiger partial charge on any atom is -0.289 e. The van der Waals surface area contributed by atoms with Gasteiger partial charge in [0.25, 0.3) is 0 Å². The van der Waals surface area contributed by atoms with Crippen LogP contribution >= 0.6 is 35.0 Å². The molecule has 1 N–H and O–H groups in total. The summed E-state index contributed by atoms with van der Waals surface area (Å²) in [6.07, 6.45) is 0. The lowest BCUT2D eigenvalue weighted by molar-refractivity contribution is 0.826. The summed E-state index contributed by atoms with van der Waals surface area (Å²) in [5.74, 6) is 0.678. The van der Waals surface area contributed by atoms with Gasteiger partial charge in [0, 0.05) is 21.6 Å². The molecular weight excluding hydrogens is 351 g/mol. The van der Waals surface area contributed by atoms with Gasteiger partial charge in [-0.1, -0.05) is 59.2 Å². The van der Waals surface area contributed by atoms with Gasteiger partial charge in [-0.3, -0.25) is 5.43 Å². The highest BCUT2D eigenvalue weighted by Gasteiger charge is 2.20. The third-order valence-electron chi connectivity index (χ3n) is 3.42. The van der Waals surface area contributed by atoms with Crippen LogP contribution in [0, 0.1) is 0 Å². The summed E-state index contributed by atoms with van der Waals surface area (Å²) < 4.78 is 1.84. The fourth-order valence-electron chi connectivity index (χ4n) is 2.28. The lowest BCUT2D eigenvalue weighted by Gasteiger charge is -2.19. The molecule has 2 heterocycles. The Bertz CT molecular complexity index is 903. The molecule has 1 aliphatic heterocycles. The van der Waals surface area contributed by atoms with Crippen molar-refractivity contribution in [3.8, 4) is 11.4 Å². The van der Waals surface area contributed by atoms with Gasteiger partial charge in [-0.15, -0.1) is 10.2 Å². The number of thioether (sulfide) groups is 1. The summed E-state index contributed by atoms with van der Waals surface area (Å²) >= 11 is 13.7. The summed E-state index contributed by atoms with van der Waals surface area (Å²) in [5.41, 5.74) is 6.15. The van der Waals surface area contributed by atoms with Gasteiger partial charge in [-0.2, -0.15) is 0 Å². The molecule has 0 atom stereocenters. The molecule has 0 radical (unpaired) electrons. The lowest BCUT2D eigenvalue weighted by Crippen LogP contribution is -2.18. The van der Waals surface area contributed by atoms with Crippen LogP contribution in [0.3, 0.4) is 0 Å². The first kappa shape index (κ1) is 14.6. The zero-order valence-corrected chi connectivity index (χ0v) is 14.0. The van der Waals surface area contributed by atoms with Crippen LogP contribution in [0.2, 0.25) is 10.0 Å². The third kappa shape index (κ3) is 2.72. The van der Waals surface area contributed by atoms with E-state index in [1.54, 1.807) is 0 Å². The number of nitrogens with one attached hydrogen (secondary N) is 1. The Morgan fingerprint density at radius 3 is 2.52 bits per heavy atom. The molecule has 0 spiro atoms. The first-order valence-electron chi connectivity index (χ1n) is 6.82. The monoisotopic (exact) mass is 360 g/mol. The first-order valence-corrected chi connectivity index (χ1v) is 8.46. The Morgan fingerprint density at radius 1 is 0.957 bits per heavy atom. The molecule has 0 fully saturated rings. The molecule has 4 nitrogen and oxygen atoms in total. The standard InChI is InChI=1S/C16H10Cl2N4S/c17-11-7-5-10(6-8-11)14-9-23-16-20-19-15(22(16)21-14)12-3-1-2-4-13(12)18/h1-9,21H. The topological polar surface area (TPSA) is 42.7 Å². The molecule has 0 saturated carbocycles. The van der Waals surface area contributed by atoms with Crippen LogP contribution in [0.25, 0.3) is 17.1 Å². The normalized spacial score (nSPS) is 13.2. The van der Waals surface area contributed by atoms with E-state index < -0.39 is 0 Å². The fraction of sp³-hybridized carbons (Fsp3) is 0. The van der Waals surface area contributed by atoms with Crippen LogP contribution in [-0.4, -0.2) is 14.9 Å². The molecule has 0 saturated heterocycles. The Hall–Kier alpha value is -1.95. The van der Waals surface area contributed by atoms with E-state index in [9.17, 15) is 0 Å². The number of hydrogen-bond donors (Lipinski definition) is 1. The van der Waals surface area contributed by atoms with Crippen molar-refractivity contribution >= 4 is 40.7 Å². The maximum atomic E-state index is 6.28. The van der Waals surface area contributed by atoms with Gasteiger partial charge in [0.2, 0.25) is 5.16 Å². The van der Waals surface area contributed by atoms with Gasteiger partial charge >= 0.3 is 0 Å². The largest absolute Gasteiger partial charge is 0.289 e. The molecule has 1 aromatic heterocycles.